The molecule has 0 spiro atoms. The first-order valence-electron chi connectivity index (χ1n) is 7.55. The Morgan fingerprint density at radius 2 is 2.14 bits per heavy atom. The molecule has 1 unspecified atom stereocenters. The summed E-state index contributed by atoms with van der Waals surface area (Å²) < 4.78 is 0. The third-order valence-corrected chi connectivity index (χ3v) is 3.70. The van der Waals surface area contributed by atoms with Crippen LogP contribution in [0.3, 0.4) is 0 Å². The number of hydrogen-bond acceptors (Lipinski definition) is 2. The molecule has 2 amide bonds. The average Bonchev–Trinajstić information content (AvgIpc) is 2.54. The van der Waals surface area contributed by atoms with Crippen molar-refractivity contribution >= 4 is 6.03 Å². The summed E-state index contributed by atoms with van der Waals surface area (Å²) in [7, 11) is 0. The molecule has 112 valence electrons. The number of hydrogen-bond donors (Lipinski definition) is 2. The summed E-state index contributed by atoms with van der Waals surface area (Å²) in [5.41, 5.74) is 7.37. The van der Waals surface area contributed by atoms with E-state index in [1.165, 1.54) is 6.42 Å². The summed E-state index contributed by atoms with van der Waals surface area (Å²) in [4.78, 5) is 14.1. The molecule has 4 nitrogen and oxygen atoms in total. The topological polar surface area (TPSA) is 58.4 Å². The van der Waals surface area contributed by atoms with Gasteiger partial charge in [0.05, 0.1) is 12.6 Å². The molecule has 0 bridgehead atoms. The van der Waals surface area contributed by atoms with Crippen LogP contribution in [0.5, 0.6) is 0 Å². The van der Waals surface area contributed by atoms with Crippen molar-refractivity contribution in [3.05, 3.63) is 35.4 Å². The van der Waals surface area contributed by atoms with E-state index >= 15 is 0 Å². The Balaban J connectivity index is 1.99. The molecule has 1 aliphatic rings. The van der Waals surface area contributed by atoms with E-state index < -0.39 is 0 Å². The third-order valence-electron chi connectivity index (χ3n) is 3.70. The van der Waals surface area contributed by atoms with E-state index in [0.29, 0.717) is 6.54 Å². The highest BCUT2D eigenvalue weighted by molar-refractivity contribution is 5.74. The maximum atomic E-state index is 12.2. The molecule has 1 atom stereocenters. The molecule has 3 N–H and O–H groups in total. The van der Waals surface area contributed by atoms with Gasteiger partial charge in [-0.05, 0) is 43.9 Å². The van der Waals surface area contributed by atoms with E-state index in [0.717, 1.165) is 37.1 Å². The minimum Gasteiger partial charge on any atom is -0.331 e. The molecule has 1 heterocycles. The summed E-state index contributed by atoms with van der Waals surface area (Å²) >= 11 is 0. The largest absolute Gasteiger partial charge is 0.331 e. The van der Waals surface area contributed by atoms with Crippen molar-refractivity contribution in [2.45, 2.75) is 32.2 Å². The number of nitrogens with zero attached hydrogens (tertiary/aromatic N) is 1. The van der Waals surface area contributed by atoms with Crippen LogP contribution in [-0.2, 0) is 0 Å². The lowest BCUT2D eigenvalue weighted by Gasteiger charge is -2.28. The van der Waals surface area contributed by atoms with Crippen LogP contribution in [0.4, 0.5) is 4.79 Å². The number of amides is 2. The Bertz CT molecular complexity index is 538. The molecule has 0 saturated carbocycles. The number of nitrogens with two attached hydrogens (primary N) is 1. The van der Waals surface area contributed by atoms with Crippen molar-refractivity contribution in [2.24, 2.45) is 5.73 Å². The van der Waals surface area contributed by atoms with E-state index in [1.807, 2.05) is 36.1 Å². The van der Waals surface area contributed by atoms with Crippen LogP contribution in [0.25, 0.3) is 0 Å². The fourth-order valence-electron chi connectivity index (χ4n) is 2.50. The molecule has 1 aromatic rings. The van der Waals surface area contributed by atoms with Crippen molar-refractivity contribution in [1.82, 2.24) is 10.2 Å². The Morgan fingerprint density at radius 3 is 2.86 bits per heavy atom. The van der Waals surface area contributed by atoms with Crippen LogP contribution in [0.2, 0.25) is 0 Å². The van der Waals surface area contributed by atoms with Crippen molar-refractivity contribution in [3.8, 4) is 11.8 Å². The number of urea groups is 1. The fraction of sp³-hybridized carbons (Fsp3) is 0.471. The Hall–Kier alpha value is -1.99. The van der Waals surface area contributed by atoms with Gasteiger partial charge in [0.2, 0.25) is 0 Å². The third kappa shape index (κ3) is 4.51. The molecule has 1 aromatic carbocycles. The van der Waals surface area contributed by atoms with Gasteiger partial charge in [-0.25, -0.2) is 4.79 Å². The maximum absolute atomic E-state index is 12.2. The molecule has 0 radical (unpaired) electrons. The van der Waals surface area contributed by atoms with Crippen molar-refractivity contribution in [3.63, 3.8) is 0 Å². The monoisotopic (exact) mass is 285 g/mol. The molecular weight excluding hydrogens is 262 g/mol. The minimum absolute atomic E-state index is 0.0284. The molecule has 2 rings (SSSR count). The summed E-state index contributed by atoms with van der Waals surface area (Å²) in [6.07, 6.45) is 3.43. The number of benzene rings is 1. The Morgan fingerprint density at radius 1 is 1.38 bits per heavy atom. The van der Waals surface area contributed by atoms with Gasteiger partial charge in [0.15, 0.2) is 0 Å². The van der Waals surface area contributed by atoms with Crippen molar-refractivity contribution < 1.29 is 4.79 Å². The lowest BCUT2D eigenvalue weighted by Crippen LogP contribution is -2.43. The molecule has 21 heavy (non-hydrogen) atoms. The minimum atomic E-state index is -0.0287. The van der Waals surface area contributed by atoms with E-state index in [9.17, 15) is 4.79 Å². The van der Waals surface area contributed by atoms with Gasteiger partial charge in [0.1, 0.15) is 0 Å². The number of carbonyl (C=O) groups is 1. The Labute approximate surface area is 126 Å². The molecular formula is C17H23N3O. The SMILES string of the molecule is CC(NC(=O)N1CCCCC1)c1cccc(C#CCN)c1. The second-order valence-electron chi connectivity index (χ2n) is 5.35. The van der Waals surface area contributed by atoms with Crippen molar-refractivity contribution in [1.29, 1.82) is 0 Å². The van der Waals surface area contributed by atoms with Gasteiger partial charge in [-0.1, -0.05) is 24.0 Å². The molecule has 4 heteroatoms. The van der Waals surface area contributed by atoms with Gasteiger partial charge >= 0.3 is 6.03 Å². The predicted molar refractivity (Wildman–Crippen MR) is 84.7 cm³/mol. The first-order chi connectivity index (χ1) is 10.2. The number of likely N-dealkylation sites (tertiary alicyclic amines) is 1. The van der Waals surface area contributed by atoms with E-state index in [1.54, 1.807) is 0 Å². The smallest absolute Gasteiger partial charge is 0.317 e. The van der Waals surface area contributed by atoms with Gasteiger partial charge in [0, 0.05) is 18.7 Å². The van der Waals surface area contributed by atoms with Crippen LogP contribution in [0, 0.1) is 11.8 Å². The quantitative estimate of drug-likeness (QED) is 0.819. The summed E-state index contributed by atoms with van der Waals surface area (Å²) in [6, 6.07) is 7.92. The molecule has 0 aliphatic carbocycles. The first-order valence-corrected chi connectivity index (χ1v) is 7.55. The van der Waals surface area contributed by atoms with E-state index in [4.69, 9.17) is 5.73 Å². The molecule has 1 fully saturated rings. The zero-order valence-corrected chi connectivity index (χ0v) is 12.6. The second-order valence-corrected chi connectivity index (χ2v) is 5.35. The highest BCUT2D eigenvalue weighted by Gasteiger charge is 2.18. The Kier molecular flexibility index (Phi) is 5.65. The number of piperidine rings is 1. The van der Waals surface area contributed by atoms with Crippen LogP contribution in [0.1, 0.15) is 43.4 Å². The highest BCUT2D eigenvalue weighted by Crippen LogP contribution is 2.15. The zero-order valence-electron chi connectivity index (χ0n) is 12.6. The summed E-state index contributed by atoms with van der Waals surface area (Å²) in [6.45, 7) is 4.07. The first kappa shape index (κ1) is 15.4. The lowest BCUT2D eigenvalue weighted by molar-refractivity contribution is 0.183. The fourth-order valence-corrected chi connectivity index (χ4v) is 2.50. The number of carbonyl (C=O) groups excluding carboxylic acids is 1. The summed E-state index contributed by atoms with van der Waals surface area (Å²) in [5.74, 6) is 5.86. The van der Waals surface area contributed by atoms with E-state index in [-0.39, 0.29) is 12.1 Å². The van der Waals surface area contributed by atoms with Gasteiger partial charge in [-0.15, -0.1) is 0 Å². The van der Waals surface area contributed by atoms with E-state index in [2.05, 4.69) is 17.2 Å². The summed E-state index contributed by atoms with van der Waals surface area (Å²) in [5, 5.41) is 3.06. The molecule has 1 aliphatic heterocycles. The van der Waals surface area contributed by atoms with Gasteiger partial charge in [-0.2, -0.15) is 0 Å². The highest BCUT2D eigenvalue weighted by atomic mass is 16.2. The second kappa shape index (κ2) is 7.70. The molecule has 0 aromatic heterocycles. The van der Waals surface area contributed by atoms with Gasteiger partial charge in [0.25, 0.3) is 0 Å². The maximum Gasteiger partial charge on any atom is 0.317 e. The number of rotatable bonds is 2. The lowest BCUT2D eigenvalue weighted by atomic mass is 10.1. The average molecular weight is 285 g/mol. The predicted octanol–water partition coefficient (Wildman–Crippen LogP) is 2.25. The normalized spacial score (nSPS) is 15.8. The van der Waals surface area contributed by atoms with Crippen LogP contribution >= 0.6 is 0 Å². The van der Waals surface area contributed by atoms with Gasteiger partial charge in [-0.3, -0.25) is 0 Å². The van der Waals surface area contributed by atoms with Crippen LogP contribution < -0.4 is 11.1 Å². The molecule has 1 saturated heterocycles. The standard InChI is InChI=1S/C17H23N3O/c1-14(19-17(21)20-11-3-2-4-12-20)16-9-5-7-15(13-16)8-6-10-18/h5,7,9,13-14H,2-4,10-12,18H2,1H3,(H,19,21). The zero-order chi connectivity index (χ0) is 15.1. The number of nitrogens with one attached hydrogen (secondary N) is 1. The van der Waals surface area contributed by atoms with Crippen LogP contribution in [-0.4, -0.2) is 30.6 Å². The van der Waals surface area contributed by atoms with Gasteiger partial charge < -0.3 is 16.0 Å². The van der Waals surface area contributed by atoms with Crippen molar-refractivity contribution in [2.75, 3.05) is 19.6 Å². The van der Waals surface area contributed by atoms with Crippen LogP contribution in [0.15, 0.2) is 24.3 Å².